The molecule has 126 valence electrons. The number of carbonyl (C=O) groups is 2. The minimum atomic E-state index is -1.39. The van der Waals surface area contributed by atoms with Crippen molar-refractivity contribution in [3.63, 3.8) is 0 Å². The van der Waals surface area contributed by atoms with Gasteiger partial charge in [0, 0.05) is 24.5 Å². The van der Waals surface area contributed by atoms with E-state index in [0.29, 0.717) is 5.69 Å². The van der Waals surface area contributed by atoms with Crippen LogP contribution in [0, 0.1) is 17.0 Å². The Kier molecular flexibility index (Phi) is 4.97. The van der Waals surface area contributed by atoms with Crippen molar-refractivity contribution in [3.8, 4) is 0 Å². The Labute approximate surface area is 139 Å². The second kappa shape index (κ2) is 6.78. The average Bonchev–Trinajstić information content (AvgIpc) is 2.57. The maximum Gasteiger partial charge on any atom is 0.241 e. The van der Waals surface area contributed by atoms with Gasteiger partial charge >= 0.3 is 0 Å². The van der Waals surface area contributed by atoms with E-state index in [-0.39, 0.29) is 5.69 Å². The van der Waals surface area contributed by atoms with Gasteiger partial charge in [0.25, 0.3) is 0 Å². The Balaban J connectivity index is 2.17. The van der Waals surface area contributed by atoms with Crippen LogP contribution in [0.4, 0.5) is 20.2 Å². The molecule has 0 saturated heterocycles. The SMILES string of the molecule is CN(C(=O)C(C)(C)C(=O)Nc1ccc(F)c(F)c1)c1ccccc1. The zero-order valence-corrected chi connectivity index (χ0v) is 13.6. The molecule has 0 aliphatic carbocycles. The van der Waals surface area contributed by atoms with Gasteiger partial charge in [0.2, 0.25) is 11.8 Å². The fourth-order valence-electron chi connectivity index (χ4n) is 2.15. The van der Waals surface area contributed by atoms with Crippen LogP contribution in [0.2, 0.25) is 0 Å². The third kappa shape index (κ3) is 3.59. The lowest BCUT2D eigenvalue weighted by molar-refractivity contribution is -0.136. The Morgan fingerprint density at radius 2 is 1.62 bits per heavy atom. The molecule has 0 aliphatic rings. The van der Waals surface area contributed by atoms with Crippen LogP contribution < -0.4 is 10.2 Å². The summed E-state index contributed by atoms with van der Waals surface area (Å²) in [5.41, 5.74) is -0.659. The van der Waals surface area contributed by atoms with E-state index < -0.39 is 28.9 Å². The Hall–Kier alpha value is -2.76. The standard InChI is InChI=1S/C18H18F2N2O2/c1-18(2,17(24)22(3)13-7-5-4-6-8-13)16(23)21-12-9-10-14(19)15(20)11-12/h4-11H,1-3H3,(H,21,23). The number of halogens is 2. The summed E-state index contributed by atoms with van der Waals surface area (Å²) in [5.74, 6) is -3.11. The number of benzene rings is 2. The Morgan fingerprint density at radius 3 is 2.21 bits per heavy atom. The monoisotopic (exact) mass is 332 g/mol. The normalized spacial score (nSPS) is 11.0. The van der Waals surface area contributed by atoms with Crippen LogP contribution in [0.15, 0.2) is 48.5 Å². The van der Waals surface area contributed by atoms with Crippen LogP contribution in [0.5, 0.6) is 0 Å². The van der Waals surface area contributed by atoms with Gasteiger partial charge in [0.05, 0.1) is 0 Å². The number of carbonyl (C=O) groups excluding carboxylic acids is 2. The number of anilines is 2. The van der Waals surface area contributed by atoms with Crippen LogP contribution in [0.1, 0.15) is 13.8 Å². The summed E-state index contributed by atoms with van der Waals surface area (Å²) in [6.45, 7) is 2.95. The molecule has 0 bridgehead atoms. The minimum absolute atomic E-state index is 0.0853. The van der Waals surface area contributed by atoms with Gasteiger partial charge in [-0.2, -0.15) is 0 Å². The van der Waals surface area contributed by atoms with E-state index in [1.165, 1.54) is 24.8 Å². The molecule has 1 N–H and O–H groups in total. The molecular formula is C18H18F2N2O2. The average molecular weight is 332 g/mol. The largest absolute Gasteiger partial charge is 0.325 e. The molecule has 2 rings (SSSR count). The van der Waals surface area contributed by atoms with Gasteiger partial charge in [-0.05, 0) is 38.1 Å². The quantitative estimate of drug-likeness (QED) is 0.870. The van der Waals surface area contributed by atoms with Gasteiger partial charge < -0.3 is 10.2 Å². The van der Waals surface area contributed by atoms with Crippen molar-refractivity contribution in [2.24, 2.45) is 5.41 Å². The fraction of sp³-hybridized carbons (Fsp3) is 0.222. The summed E-state index contributed by atoms with van der Waals surface area (Å²) in [6, 6.07) is 11.9. The highest BCUT2D eigenvalue weighted by Gasteiger charge is 2.38. The minimum Gasteiger partial charge on any atom is -0.325 e. The summed E-state index contributed by atoms with van der Waals surface area (Å²) in [5, 5.41) is 2.44. The summed E-state index contributed by atoms with van der Waals surface area (Å²) in [7, 11) is 1.57. The molecule has 0 aromatic heterocycles. The summed E-state index contributed by atoms with van der Waals surface area (Å²) < 4.78 is 26.2. The third-order valence-corrected chi connectivity index (χ3v) is 3.73. The van der Waals surface area contributed by atoms with Gasteiger partial charge in [0.1, 0.15) is 5.41 Å². The van der Waals surface area contributed by atoms with E-state index in [4.69, 9.17) is 0 Å². The molecule has 24 heavy (non-hydrogen) atoms. The van der Waals surface area contributed by atoms with Crippen LogP contribution in [-0.2, 0) is 9.59 Å². The molecule has 6 heteroatoms. The number of nitrogens with zero attached hydrogens (tertiary/aromatic N) is 1. The zero-order valence-electron chi connectivity index (χ0n) is 13.6. The van der Waals surface area contributed by atoms with Crippen LogP contribution >= 0.6 is 0 Å². The maximum atomic E-state index is 13.2. The topological polar surface area (TPSA) is 49.4 Å². The molecule has 2 aromatic carbocycles. The number of nitrogens with one attached hydrogen (secondary N) is 1. The first kappa shape index (κ1) is 17.6. The predicted molar refractivity (Wildman–Crippen MR) is 88.6 cm³/mol. The number of hydrogen-bond donors (Lipinski definition) is 1. The van der Waals surface area contributed by atoms with E-state index in [2.05, 4.69) is 5.32 Å². The first-order valence-corrected chi connectivity index (χ1v) is 7.33. The van der Waals surface area contributed by atoms with E-state index in [0.717, 1.165) is 12.1 Å². The highest BCUT2D eigenvalue weighted by Crippen LogP contribution is 2.25. The van der Waals surface area contributed by atoms with Crippen LogP contribution in [-0.4, -0.2) is 18.9 Å². The first-order chi connectivity index (χ1) is 11.2. The third-order valence-electron chi connectivity index (χ3n) is 3.73. The molecule has 4 nitrogen and oxygen atoms in total. The molecule has 0 spiro atoms. The van der Waals surface area contributed by atoms with Crippen LogP contribution in [0.25, 0.3) is 0 Å². The summed E-state index contributed by atoms with van der Waals surface area (Å²) in [6.07, 6.45) is 0. The highest BCUT2D eigenvalue weighted by molar-refractivity contribution is 6.14. The molecule has 2 amide bonds. The van der Waals surface area contributed by atoms with Gasteiger partial charge in [-0.3, -0.25) is 9.59 Å². The van der Waals surface area contributed by atoms with Crippen molar-refractivity contribution in [2.45, 2.75) is 13.8 Å². The number of para-hydroxylation sites is 1. The molecule has 0 radical (unpaired) electrons. The molecule has 0 unspecified atom stereocenters. The highest BCUT2D eigenvalue weighted by atomic mass is 19.2. The molecular weight excluding hydrogens is 314 g/mol. The van der Waals surface area contributed by atoms with Crippen molar-refractivity contribution >= 4 is 23.2 Å². The molecule has 0 heterocycles. The predicted octanol–water partition coefficient (Wildman–Crippen LogP) is 3.59. The lowest BCUT2D eigenvalue weighted by Crippen LogP contribution is -2.46. The van der Waals surface area contributed by atoms with Gasteiger partial charge in [-0.15, -0.1) is 0 Å². The number of hydrogen-bond acceptors (Lipinski definition) is 2. The van der Waals surface area contributed by atoms with E-state index in [9.17, 15) is 18.4 Å². The molecule has 0 saturated carbocycles. The second-order valence-corrected chi connectivity index (χ2v) is 5.91. The fourth-order valence-corrected chi connectivity index (χ4v) is 2.15. The summed E-state index contributed by atoms with van der Waals surface area (Å²) in [4.78, 5) is 26.5. The number of rotatable bonds is 4. The van der Waals surface area contributed by atoms with Crippen molar-refractivity contribution in [3.05, 3.63) is 60.2 Å². The molecule has 0 fully saturated rings. The van der Waals surface area contributed by atoms with E-state index >= 15 is 0 Å². The Morgan fingerprint density at radius 1 is 1.00 bits per heavy atom. The van der Waals surface area contributed by atoms with Crippen molar-refractivity contribution in [2.75, 3.05) is 17.3 Å². The summed E-state index contributed by atoms with van der Waals surface area (Å²) >= 11 is 0. The van der Waals surface area contributed by atoms with Gasteiger partial charge in [-0.1, -0.05) is 18.2 Å². The number of amides is 2. The van der Waals surface area contributed by atoms with Crippen LogP contribution in [0.3, 0.4) is 0 Å². The smallest absolute Gasteiger partial charge is 0.241 e. The maximum absolute atomic E-state index is 13.2. The van der Waals surface area contributed by atoms with E-state index in [1.54, 1.807) is 31.3 Å². The zero-order chi connectivity index (χ0) is 17.9. The Bertz CT molecular complexity index is 761. The first-order valence-electron chi connectivity index (χ1n) is 7.33. The van der Waals surface area contributed by atoms with Crippen molar-refractivity contribution in [1.82, 2.24) is 0 Å². The van der Waals surface area contributed by atoms with Gasteiger partial charge in [0.15, 0.2) is 11.6 Å². The van der Waals surface area contributed by atoms with E-state index in [1.807, 2.05) is 6.07 Å². The molecule has 0 aliphatic heterocycles. The van der Waals surface area contributed by atoms with Crippen molar-refractivity contribution < 1.29 is 18.4 Å². The lowest BCUT2D eigenvalue weighted by atomic mass is 9.90. The van der Waals surface area contributed by atoms with Crippen molar-refractivity contribution in [1.29, 1.82) is 0 Å². The molecule has 2 aromatic rings. The molecule has 0 atom stereocenters. The van der Waals surface area contributed by atoms with Gasteiger partial charge in [-0.25, -0.2) is 8.78 Å². The second-order valence-electron chi connectivity index (χ2n) is 5.91. The lowest BCUT2D eigenvalue weighted by Gasteiger charge is -2.28.